The monoisotopic (exact) mass is 318 g/mol. The van der Waals surface area contributed by atoms with Gasteiger partial charge >= 0.3 is 10.2 Å². The molecule has 0 atom stereocenters. The highest BCUT2D eigenvalue weighted by Crippen LogP contribution is 2.30. The van der Waals surface area contributed by atoms with E-state index in [1.807, 2.05) is 6.92 Å². The molecule has 1 aliphatic carbocycles. The Bertz CT molecular complexity index is 520. The molecule has 6 nitrogen and oxygen atoms in total. The Morgan fingerprint density at radius 2 is 2.20 bits per heavy atom. The number of aromatic nitrogens is 1. The van der Waals surface area contributed by atoms with Crippen LogP contribution in [-0.2, 0) is 23.1 Å². The van der Waals surface area contributed by atoms with E-state index in [9.17, 15) is 8.42 Å². The van der Waals surface area contributed by atoms with Crippen molar-refractivity contribution < 1.29 is 8.42 Å². The maximum absolute atomic E-state index is 12.2. The average molecular weight is 318 g/mol. The summed E-state index contributed by atoms with van der Waals surface area (Å²) < 4.78 is 28.2. The molecule has 0 aromatic carbocycles. The summed E-state index contributed by atoms with van der Waals surface area (Å²) >= 11 is 1.46. The van der Waals surface area contributed by atoms with Crippen molar-refractivity contribution in [2.75, 3.05) is 31.4 Å². The lowest BCUT2D eigenvalue weighted by Crippen LogP contribution is -2.34. The first kappa shape index (κ1) is 15.7. The van der Waals surface area contributed by atoms with E-state index in [4.69, 9.17) is 0 Å². The van der Waals surface area contributed by atoms with E-state index in [1.54, 1.807) is 7.05 Å². The van der Waals surface area contributed by atoms with Crippen LogP contribution >= 0.6 is 11.3 Å². The Hall–Kier alpha value is -0.700. The molecule has 2 N–H and O–H groups in total. The highest BCUT2D eigenvalue weighted by atomic mass is 32.2. The van der Waals surface area contributed by atoms with Gasteiger partial charge in [0.25, 0.3) is 0 Å². The molecular formula is C12H22N4O2S2. The summed E-state index contributed by atoms with van der Waals surface area (Å²) in [6, 6.07) is 0. The predicted octanol–water partition coefficient (Wildman–Crippen LogP) is 1.22. The average Bonchev–Trinajstić information content (AvgIpc) is 2.94. The smallest absolute Gasteiger partial charge is 0.303 e. The van der Waals surface area contributed by atoms with Gasteiger partial charge in [-0.1, -0.05) is 6.92 Å². The minimum Gasteiger partial charge on any atom is -0.317 e. The van der Waals surface area contributed by atoms with Gasteiger partial charge in [0.1, 0.15) is 0 Å². The molecule has 0 saturated heterocycles. The Morgan fingerprint density at radius 1 is 1.40 bits per heavy atom. The number of fused-ring (bicyclic) bond motifs is 1. The molecule has 0 aliphatic heterocycles. The minimum atomic E-state index is -3.48. The van der Waals surface area contributed by atoms with Crippen LogP contribution in [-0.4, -0.2) is 44.4 Å². The fourth-order valence-electron chi connectivity index (χ4n) is 2.15. The Morgan fingerprint density at radius 3 is 2.90 bits per heavy atom. The molecule has 20 heavy (non-hydrogen) atoms. The van der Waals surface area contributed by atoms with Crippen molar-refractivity contribution in [2.45, 2.75) is 32.6 Å². The van der Waals surface area contributed by atoms with Gasteiger partial charge in [0.05, 0.1) is 5.69 Å². The number of anilines is 1. The first-order valence-corrected chi connectivity index (χ1v) is 9.22. The van der Waals surface area contributed by atoms with Crippen LogP contribution < -0.4 is 10.0 Å². The third kappa shape index (κ3) is 3.91. The van der Waals surface area contributed by atoms with E-state index in [1.165, 1.54) is 20.5 Å². The van der Waals surface area contributed by atoms with E-state index in [0.29, 0.717) is 11.7 Å². The largest absolute Gasteiger partial charge is 0.317 e. The molecule has 1 aliphatic rings. The molecule has 0 bridgehead atoms. The third-order valence-corrected chi connectivity index (χ3v) is 5.96. The minimum absolute atomic E-state index is 0.493. The summed E-state index contributed by atoms with van der Waals surface area (Å²) in [6.07, 6.45) is 3.91. The molecule has 8 heteroatoms. The second-order valence-electron chi connectivity index (χ2n) is 4.88. The van der Waals surface area contributed by atoms with Gasteiger partial charge in [0.15, 0.2) is 5.13 Å². The molecule has 0 unspecified atom stereocenters. The van der Waals surface area contributed by atoms with E-state index in [0.717, 1.165) is 44.5 Å². The van der Waals surface area contributed by atoms with Crippen molar-refractivity contribution >= 4 is 26.7 Å². The lowest BCUT2D eigenvalue weighted by molar-refractivity contribution is 0.459. The van der Waals surface area contributed by atoms with Crippen molar-refractivity contribution in [2.24, 2.45) is 0 Å². The third-order valence-electron chi connectivity index (χ3n) is 3.30. The van der Waals surface area contributed by atoms with Crippen molar-refractivity contribution in [3.8, 4) is 0 Å². The number of thiazole rings is 1. The van der Waals surface area contributed by atoms with Crippen molar-refractivity contribution in [1.29, 1.82) is 0 Å². The first-order valence-electron chi connectivity index (χ1n) is 6.96. The van der Waals surface area contributed by atoms with Gasteiger partial charge in [-0.15, -0.1) is 11.3 Å². The molecule has 0 spiro atoms. The fourth-order valence-corrected chi connectivity index (χ4v) is 4.32. The summed E-state index contributed by atoms with van der Waals surface area (Å²) in [7, 11) is -1.89. The van der Waals surface area contributed by atoms with Crippen LogP contribution in [0.2, 0.25) is 0 Å². The van der Waals surface area contributed by atoms with Crippen LogP contribution in [0, 0.1) is 0 Å². The van der Waals surface area contributed by atoms with Crippen molar-refractivity contribution in [3.05, 3.63) is 10.6 Å². The fraction of sp³-hybridized carbons (Fsp3) is 0.750. The van der Waals surface area contributed by atoms with Gasteiger partial charge in [0, 0.05) is 18.5 Å². The SMILES string of the molecule is CCNCCCN(C)S(=O)(=O)Nc1nc2c(s1)CCC2. The summed E-state index contributed by atoms with van der Waals surface area (Å²) in [6.45, 7) is 4.25. The van der Waals surface area contributed by atoms with E-state index < -0.39 is 10.2 Å². The maximum atomic E-state index is 12.2. The van der Waals surface area contributed by atoms with Gasteiger partial charge < -0.3 is 5.32 Å². The molecule has 1 aromatic heterocycles. The standard InChI is InChI=1S/C12H22N4O2S2/c1-3-13-8-5-9-16(2)20(17,18)15-12-14-10-6-4-7-11(10)19-12/h13H,3-9H2,1-2H3,(H,14,15). The summed E-state index contributed by atoms with van der Waals surface area (Å²) in [5, 5.41) is 3.67. The normalized spacial score (nSPS) is 14.8. The van der Waals surface area contributed by atoms with Gasteiger partial charge in [0.2, 0.25) is 0 Å². The van der Waals surface area contributed by atoms with Crippen molar-refractivity contribution in [3.63, 3.8) is 0 Å². The summed E-state index contributed by atoms with van der Waals surface area (Å²) in [5.74, 6) is 0. The van der Waals surface area contributed by atoms with Gasteiger partial charge in [-0.3, -0.25) is 0 Å². The second-order valence-corrected chi connectivity index (χ2v) is 7.74. The highest BCUT2D eigenvalue weighted by molar-refractivity contribution is 7.90. The number of nitrogens with one attached hydrogen (secondary N) is 2. The zero-order chi connectivity index (χ0) is 14.6. The molecule has 0 fully saturated rings. The van der Waals surface area contributed by atoms with E-state index in [-0.39, 0.29) is 0 Å². The van der Waals surface area contributed by atoms with Crippen molar-refractivity contribution in [1.82, 2.24) is 14.6 Å². The topological polar surface area (TPSA) is 74.3 Å². The molecule has 1 heterocycles. The lowest BCUT2D eigenvalue weighted by Gasteiger charge is -2.17. The summed E-state index contributed by atoms with van der Waals surface area (Å²) in [5.41, 5.74) is 1.06. The van der Waals surface area contributed by atoms with Gasteiger partial charge in [-0.05, 0) is 38.8 Å². The predicted molar refractivity (Wildman–Crippen MR) is 82.5 cm³/mol. The Labute approximate surface area is 124 Å². The maximum Gasteiger partial charge on any atom is 0.303 e. The molecule has 0 saturated carbocycles. The molecular weight excluding hydrogens is 296 g/mol. The van der Waals surface area contributed by atoms with E-state index >= 15 is 0 Å². The Kier molecular flexibility index (Phi) is 5.36. The van der Waals surface area contributed by atoms with Crippen LogP contribution in [0.15, 0.2) is 0 Å². The van der Waals surface area contributed by atoms with Crippen LogP contribution in [0.4, 0.5) is 5.13 Å². The van der Waals surface area contributed by atoms with E-state index in [2.05, 4.69) is 15.0 Å². The lowest BCUT2D eigenvalue weighted by atomic mass is 10.4. The number of aryl methyl sites for hydroxylation is 2. The molecule has 114 valence electrons. The Balaban J connectivity index is 1.89. The van der Waals surface area contributed by atoms with Gasteiger partial charge in [-0.2, -0.15) is 12.7 Å². The van der Waals surface area contributed by atoms with Crippen LogP contribution in [0.3, 0.4) is 0 Å². The molecule has 0 radical (unpaired) electrons. The molecule has 2 rings (SSSR count). The zero-order valence-corrected chi connectivity index (χ0v) is 13.6. The molecule has 0 amide bonds. The number of hydrogen-bond donors (Lipinski definition) is 2. The van der Waals surface area contributed by atoms with Crippen LogP contribution in [0.1, 0.15) is 30.3 Å². The number of hydrogen-bond acceptors (Lipinski definition) is 5. The van der Waals surface area contributed by atoms with Crippen LogP contribution in [0.25, 0.3) is 0 Å². The highest BCUT2D eigenvalue weighted by Gasteiger charge is 2.22. The first-order chi connectivity index (χ1) is 9.53. The number of nitrogens with zero attached hydrogens (tertiary/aromatic N) is 2. The zero-order valence-electron chi connectivity index (χ0n) is 12.0. The van der Waals surface area contributed by atoms with Gasteiger partial charge in [-0.25, -0.2) is 9.71 Å². The van der Waals surface area contributed by atoms with Crippen LogP contribution in [0.5, 0.6) is 0 Å². The quantitative estimate of drug-likeness (QED) is 0.707. The second kappa shape index (κ2) is 6.84. The number of rotatable bonds is 8. The molecule has 1 aromatic rings. The summed E-state index contributed by atoms with van der Waals surface area (Å²) in [4.78, 5) is 5.58.